The maximum absolute atomic E-state index is 12.2. The number of nitrogens with one attached hydrogen (secondary N) is 1. The van der Waals surface area contributed by atoms with Gasteiger partial charge in [0.1, 0.15) is 18.1 Å². The fourth-order valence-corrected chi connectivity index (χ4v) is 2.86. The Kier molecular flexibility index (Phi) is 4.61. The summed E-state index contributed by atoms with van der Waals surface area (Å²) in [6, 6.07) is 19.2. The Hall–Kier alpha value is -3.54. The van der Waals surface area contributed by atoms with Gasteiger partial charge in [-0.3, -0.25) is 9.48 Å². The van der Waals surface area contributed by atoms with Crippen LogP contribution in [0.3, 0.4) is 0 Å². The SMILES string of the molecule is Cn1ccc(CNC(=O)c2ccc(COc3cccc4ccccc34)o2)n1. The highest BCUT2D eigenvalue weighted by Gasteiger charge is 2.12. The Morgan fingerprint density at radius 3 is 2.81 bits per heavy atom. The molecule has 2 aromatic carbocycles. The molecule has 0 fully saturated rings. The molecule has 0 saturated carbocycles. The minimum absolute atomic E-state index is 0.252. The first-order valence-electron chi connectivity index (χ1n) is 8.65. The van der Waals surface area contributed by atoms with Crippen LogP contribution < -0.4 is 10.1 Å². The summed E-state index contributed by atoms with van der Waals surface area (Å²) in [6.07, 6.45) is 1.83. The number of hydrogen-bond donors (Lipinski definition) is 1. The molecule has 0 aliphatic carbocycles. The van der Waals surface area contributed by atoms with Gasteiger partial charge in [0.2, 0.25) is 0 Å². The van der Waals surface area contributed by atoms with Crippen LogP contribution in [0.5, 0.6) is 5.75 Å². The summed E-state index contributed by atoms with van der Waals surface area (Å²) in [4.78, 5) is 12.2. The molecule has 0 bridgehead atoms. The molecule has 6 nitrogen and oxygen atoms in total. The van der Waals surface area contributed by atoms with Gasteiger partial charge in [-0.1, -0.05) is 36.4 Å². The smallest absolute Gasteiger partial charge is 0.287 e. The van der Waals surface area contributed by atoms with Crippen LogP contribution in [0.2, 0.25) is 0 Å². The zero-order chi connectivity index (χ0) is 18.6. The quantitative estimate of drug-likeness (QED) is 0.569. The first-order valence-corrected chi connectivity index (χ1v) is 8.65. The topological polar surface area (TPSA) is 69.3 Å². The summed E-state index contributed by atoms with van der Waals surface area (Å²) in [5.41, 5.74) is 0.789. The molecule has 136 valence electrons. The van der Waals surface area contributed by atoms with Crippen molar-refractivity contribution in [1.82, 2.24) is 15.1 Å². The number of amides is 1. The van der Waals surface area contributed by atoms with E-state index in [1.165, 1.54) is 0 Å². The van der Waals surface area contributed by atoms with Gasteiger partial charge in [-0.15, -0.1) is 0 Å². The van der Waals surface area contributed by atoms with E-state index in [1.807, 2.05) is 61.8 Å². The monoisotopic (exact) mass is 361 g/mol. The van der Waals surface area contributed by atoms with Crippen molar-refractivity contribution in [3.63, 3.8) is 0 Å². The van der Waals surface area contributed by atoms with E-state index in [9.17, 15) is 4.79 Å². The molecule has 2 aromatic heterocycles. The number of fused-ring (bicyclic) bond motifs is 1. The van der Waals surface area contributed by atoms with E-state index < -0.39 is 0 Å². The molecular formula is C21H19N3O3. The van der Waals surface area contributed by atoms with Crippen molar-refractivity contribution in [1.29, 1.82) is 0 Å². The molecule has 0 radical (unpaired) electrons. The second-order valence-electron chi connectivity index (χ2n) is 6.20. The molecule has 0 atom stereocenters. The summed E-state index contributed by atoms with van der Waals surface area (Å²) in [7, 11) is 1.83. The Balaban J connectivity index is 1.38. The highest BCUT2D eigenvalue weighted by Crippen LogP contribution is 2.26. The molecule has 4 rings (SSSR count). The van der Waals surface area contributed by atoms with Gasteiger partial charge in [0.15, 0.2) is 5.76 Å². The molecule has 0 aliphatic heterocycles. The Morgan fingerprint density at radius 1 is 1.11 bits per heavy atom. The summed E-state index contributed by atoms with van der Waals surface area (Å²) in [6.45, 7) is 0.601. The molecule has 6 heteroatoms. The highest BCUT2D eigenvalue weighted by molar-refractivity contribution is 5.91. The number of nitrogens with zero attached hydrogens (tertiary/aromatic N) is 2. The molecule has 1 amide bonds. The van der Waals surface area contributed by atoms with Gasteiger partial charge < -0.3 is 14.5 Å². The largest absolute Gasteiger partial charge is 0.485 e. The number of aryl methyl sites for hydroxylation is 1. The number of hydrogen-bond acceptors (Lipinski definition) is 4. The molecular weight excluding hydrogens is 342 g/mol. The molecule has 2 heterocycles. The first kappa shape index (κ1) is 16.9. The summed E-state index contributed by atoms with van der Waals surface area (Å²) in [5, 5.41) is 9.17. The van der Waals surface area contributed by atoms with E-state index >= 15 is 0 Å². The minimum Gasteiger partial charge on any atom is -0.485 e. The van der Waals surface area contributed by atoms with E-state index in [4.69, 9.17) is 9.15 Å². The predicted molar refractivity (Wildman–Crippen MR) is 101 cm³/mol. The lowest BCUT2D eigenvalue weighted by Gasteiger charge is -2.08. The third kappa shape index (κ3) is 3.84. The average molecular weight is 361 g/mol. The number of rotatable bonds is 6. The maximum atomic E-state index is 12.2. The van der Waals surface area contributed by atoms with Crippen LogP contribution >= 0.6 is 0 Å². The maximum Gasteiger partial charge on any atom is 0.287 e. The van der Waals surface area contributed by atoms with Crippen LogP contribution in [0.4, 0.5) is 0 Å². The van der Waals surface area contributed by atoms with Gasteiger partial charge in [0.05, 0.1) is 12.2 Å². The van der Waals surface area contributed by atoms with E-state index in [2.05, 4.69) is 10.4 Å². The van der Waals surface area contributed by atoms with Crippen molar-refractivity contribution in [2.45, 2.75) is 13.2 Å². The average Bonchev–Trinajstić information content (AvgIpc) is 3.33. The van der Waals surface area contributed by atoms with Gasteiger partial charge in [0.25, 0.3) is 5.91 Å². The number of carbonyl (C=O) groups excluding carboxylic acids is 1. The number of benzene rings is 2. The fraction of sp³-hybridized carbons (Fsp3) is 0.143. The lowest BCUT2D eigenvalue weighted by molar-refractivity contribution is 0.0918. The van der Waals surface area contributed by atoms with Gasteiger partial charge in [0, 0.05) is 18.6 Å². The lowest BCUT2D eigenvalue weighted by atomic mass is 10.1. The van der Waals surface area contributed by atoms with Crippen molar-refractivity contribution in [2.24, 2.45) is 7.05 Å². The van der Waals surface area contributed by atoms with Crippen LogP contribution in [-0.4, -0.2) is 15.7 Å². The number of ether oxygens (including phenoxy) is 1. The minimum atomic E-state index is -0.280. The van der Waals surface area contributed by atoms with Crippen molar-refractivity contribution in [3.8, 4) is 5.75 Å². The summed E-state index contributed by atoms with van der Waals surface area (Å²) in [5.74, 6) is 1.34. The molecule has 4 aromatic rings. The van der Waals surface area contributed by atoms with Gasteiger partial charge in [-0.05, 0) is 29.7 Å². The van der Waals surface area contributed by atoms with Crippen molar-refractivity contribution >= 4 is 16.7 Å². The number of furan rings is 1. The second-order valence-corrected chi connectivity index (χ2v) is 6.20. The first-order chi connectivity index (χ1) is 13.2. The molecule has 0 aliphatic rings. The lowest BCUT2D eigenvalue weighted by Crippen LogP contribution is -2.22. The van der Waals surface area contributed by atoms with Gasteiger partial charge in [-0.2, -0.15) is 5.10 Å². The van der Waals surface area contributed by atoms with Crippen molar-refractivity contribution in [3.05, 3.63) is 84.1 Å². The van der Waals surface area contributed by atoms with Gasteiger partial charge >= 0.3 is 0 Å². The summed E-state index contributed by atoms with van der Waals surface area (Å²) >= 11 is 0. The zero-order valence-corrected chi connectivity index (χ0v) is 14.9. The Morgan fingerprint density at radius 2 is 1.96 bits per heavy atom. The zero-order valence-electron chi connectivity index (χ0n) is 14.9. The van der Waals surface area contributed by atoms with E-state index in [1.54, 1.807) is 16.8 Å². The molecule has 0 unspecified atom stereocenters. The van der Waals surface area contributed by atoms with Crippen molar-refractivity contribution < 1.29 is 13.9 Å². The van der Waals surface area contributed by atoms with Crippen molar-refractivity contribution in [2.75, 3.05) is 0 Å². The van der Waals surface area contributed by atoms with Crippen LogP contribution in [-0.2, 0) is 20.2 Å². The number of aromatic nitrogens is 2. The Bertz CT molecular complexity index is 1080. The van der Waals surface area contributed by atoms with E-state index in [0.717, 1.165) is 22.2 Å². The molecule has 27 heavy (non-hydrogen) atoms. The number of carbonyl (C=O) groups is 1. The molecule has 1 N–H and O–H groups in total. The normalized spacial score (nSPS) is 10.9. The standard InChI is InChI=1S/C21H19N3O3/c1-24-12-11-16(23-24)13-22-21(25)20-10-9-17(27-20)14-26-19-8-4-6-15-5-2-3-7-18(15)19/h2-12H,13-14H2,1H3,(H,22,25). The third-order valence-electron chi connectivity index (χ3n) is 4.20. The van der Waals surface area contributed by atoms with Crippen LogP contribution in [0.1, 0.15) is 22.0 Å². The predicted octanol–water partition coefficient (Wildman–Crippen LogP) is 3.68. The van der Waals surface area contributed by atoms with Gasteiger partial charge in [-0.25, -0.2) is 0 Å². The second kappa shape index (κ2) is 7.37. The fourth-order valence-electron chi connectivity index (χ4n) is 2.86. The van der Waals surface area contributed by atoms with Crippen LogP contribution in [0.25, 0.3) is 10.8 Å². The van der Waals surface area contributed by atoms with Crippen LogP contribution in [0, 0.1) is 0 Å². The Labute approximate surface area is 156 Å². The molecule has 0 spiro atoms. The third-order valence-corrected chi connectivity index (χ3v) is 4.20. The molecule has 0 saturated heterocycles. The van der Waals surface area contributed by atoms with Crippen LogP contribution in [0.15, 0.2) is 71.3 Å². The highest BCUT2D eigenvalue weighted by atomic mass is 16.5. The van der Waals surface area contributed by atoms with E-state index in [-0.39, 0.29) is 18.3 Å². The summed E-state index contributed by atoms with van der Waals surface area (Å²) < 4.78 is 13.2. The van der Waals surface area contributed by atoms with E-state index in [0.29, 0.717) is 12.3 Å².